The van der Waals surface area contributed by atoms with Gasteiger partial charge in [-0.15, -0.1) is 0 Å². The first kappa shape index (κ1) is 13.4. The van der Waals surface area contributed by atoms with Crippen LogP contribution in [-0.4, -0.2) is 46.2 Å². The first-order chi connectivity index (χ1) is 8.02. The summed E-state index contributed by atoms with van der Waals surface area (Å²) in [5.41, 5.74) is -0.228. The molecule has 0 aliphatic rings. The molecule has 0 bridgehead atoms. The van der Waals surface area contributed by atoms with Crippen molar-refractivity contribution in [2.75, 3.05) is 13.7 Å². The average molecular weight is 242 g/mol. The molecule has 0 saturated carbocycles. The molecule has 1 rings (SSSR count). The molecule has 0 heterocycles. The Morgan fingerprint density at radius 3 is 2.53 bits per heavy atom. The Morgan fingerprint density at radius 1 is 1.41 bits per heavy atom. The fourth-order valence-electron chi connectivity index (χ4n) is 1.50. The Morgan fingerprint density at radius 2 is 2.06 bits per heavy atom. The summed E-state index contributed by atoms with van der Waals surface area (Å²) in [5, 5.41) is 36.8. The predicted molar refractivity (Wildman–Crippen MR) is 58.0 cm³/mol. The highest BCUT2D eigenvalue weighted by Gasteiger charge is 2.25. The van der Waals surface area contributed by atoms with E-state index in [0.717, 1.165) is 0 Å². The van der Waals surface area contributed by atoms with Crippen molar-refractivity contribution in [1.82, 2.24) is 0 Å². The first-order valence-electron chi connectivity index (χ1n) is 4.90. The third-order valence-corrected chi connectivity index (χ3v) is 2.36. The molecule has 1 aromatic rings. The van der Waals surface area contributed by atoms with E-state index < -0.39 is 24.8 Å². The van der Waals surface area contributed by atoms with Crippen molar-refractivity contribution in [2.24, 2.45) is 0 Å². The van der Waals surface area contributed by atoms with Crippen molar-refractivity contribution in [1.29, 1.82) is 0 Å². The Labute approximate surface area is 97.7 Å². The van der Waals surface area contributed by atoms with Crippen LogP contribution in [0.4, 0.5) is 0 Å². The molecular weight excluding hydrogens is 228 g/mol. The minimum atomic E-state index is -1.49. The molecule has 0 aliphatic heterocycles. The van der Waals surface area contributed by atoms with Gasteiger partial charge in [-0.3, -0.25) is 0 Å². The van der Waals surface area contributed by atoms with Crippen LogP contribution in [-0.2, 0) is 0 Å². The van der Waals surface area contributed by atoms with Gasteiger partial charge in [-0.1, -0.05) is 12.1 Å². The number of ether oxygens (including phenoxy) is 1. The number of aliphatic hydroxyl groups excluding tert-OH is 3. The van der Waals surface area contributed by atoms with Crippen molar-refractivity contribution < 1.29 is 30.0 Å². The fourth-order valence-corrected chi connectivity index (χ4v) is 1.50. The SMILES string of the molecule is COc1cccc(C(O)C(O)CO)c1C(=O)O. The van der Waals surface area contributed by atoms with Crippen LogP contribution in [0.2, 0.25) is 0 Å². The van der Waals surface area contributed by atoms with Crippen LogP contribution < -0.4 is 4.74 Å². The minimum absolute atomic E-state index is 0.00148. The number of carboxylic acids is 1. The maximum atomic E-state index is 11.1. The maximum absolute atomic E-state index is 11.1. The molecule has 0 amide bonds. The molecule has 17 heavy (non-hydrogen) atoms. The molecular formula is C11H14O6. The van der Waals surface area contributed by atoms with Gasteiger partial charge in [0, 0.05) is 5.56 Å². The van der Waals surface area contributed by atoms with Gasteiger partial charge in [0.1, 0.15) is 23.5 Å². The topological polar surface area (TPSA) is 107 Å². The van der Waals surface area contributed by atoms with Crippen LogP contribution in [0.25, 0.3) is 0 Å². The first-order valence-corrected chi connectivity index (χ1v) is 4.90. The molecule has 0 aliphatic carbocycles. The van der Waals surface area contributed by atoms with Gasteiger partial charge in [-0.25, -0.2) is 4.79 Å². The molecule has 6 nitrogen and oxygen atoms in total. The Kier molecular flexibility index (Phi) is 4.45. The summed E-state index contributed by atoms with van der Waals surface area (Å²) in [5.74, 6) is -1.19. The van der Waals surface area contributed by atoms with E-state index in [0.29, 0.717) is 0 Å². The molecule has 1 aromatic carbocycles. The zero-order chi connectivity index (χ0) is 13.0. The number of aliphatic hydroxyl groups is 3. The van der Waals surface area contributed by atoms with Crippen molar-refractivity contribution in [3.63, 3.8) is 0 Å². The summed E-state index contributed by atoms with van der Waals surface area (Å²) in [6.45, 7) is -0.669. The lowest BCUT2D eigenvalue weighted by molar-refractivity contribution is -0.0158. The number of hydrogen-bond acceptors (Lipinski definition) is 5. The third-order valence-electron chi connectivity index (χ3n) is 2.36. The van der Waals surface area contributed by atoms with Crippen LogP contribution in [0, 0.1) is 0 Å². The molecule has 94 valence electrons. The third kappa shape index (κ3) is 2.73. The molecule has 2 unspecified atom stereocenters. The molecule has 0 fully saturated rings. The molecule has 0 aromatic heterocycles. The number of carboxylic acid groups (broad SMARTS) is 1. The molecule has 4 N–H and O–H groups in total. The highest BCUT2D eigenvalue weighted by molar-refractivity contribution is 5.92. The summed E-state index contributed by atoms with van der Waals surface area (Å²) in [4.78, 5) is 11.1. The van der Waals surface area contributed by atoms with Gasteiger partial charge in [0.15, 0.2) is 0 Å². The van der Waals surface area contributed by atoms with E-state index in [-0.39, 0.29) is 16.9 Å². The molecule has 0 radical (unpaired) electrons. The Balaban J connectivity index is 3.27. The second-order valence-corrected chi connectivity index (χ2v) is 3.42. The summed E-state index contributed by atoms with van der Waals surface area (Å²) >= 11 is 0. The van der Waals surface area contributed by atoms with Gasteiger partial charge in [-0.05, 0) is 6.07 Å². The maximum Gasteiger partial charge on any atom is 0.339 e. The van der Waals surface area contributed by atoms with Gasteiger partial charge in [-0.2, -0.15) is 0 Å². The monoisotopic (exact) mass is 242 g/mol. The van der Waals surface area contributed by atoms with E-state index in [1.807, 2.05) is 0 Å². The van der Waals surface area contributed by atoms with Crippen molar-refractivity contribution in [3.8, 4) is 5.75 Å². The van der Waals surface area contributed by atoms with Crippen molar-refractivity contribution in [3.05, 3.63) is 29.3 Å². The summed E-state index contributed by atoms with van der Waals surface area (Å²) in [6, 6.07) is 4.29. The second kappa shape index (κ2) is 5.62. The van der Waals surface area contributed by atoms with Crippen LogP contribution in [0.5, 0.6) is 5.75 Å². The fraction of sp³-hybridized carbons (Fsp3) is 0.364. The van der Waals surface area contributed by atoms with E-state index in [1.165, 1.54) is 25.3 Å². The van der Waals surface area contributed by atoms with Gasteiger partial charge >= 0.3 is 5.97 Å². The van der Waals surface area contributed by atoms with Crippen LogP contribution in [0.15, 0.2) is 18.2 Å². The van der Waals surface area contributed by atoms with Crippen LogP contribution >= 0.6 is 0 Å². The molecule has 2 atom stereocenters. The minimum Gasteiger partial charge on any atom is -0.496 e. The summed E-state index contributed by atoms with van der Waals surface area (Å²) < 4.78 is 4.87. The van der Waals surface area contributed by atoms with Gasteiger partial charge in [0.05, 0.1) is 13.7 Å². The lowest BCUT2D eigenvalue weighted by Crippen LogP contribution is -2.24. The normalized spacial score (nSPS) is 14.1. The highest BCUT2D eigenvalue weighted by Crippen LogP contribution is 2.28. The lowest BCUT2D eigenvalue weighted by Gasteiger charge is -2.19. The standard InChI is InChI=1S/C11H14O6/c1-17-8-4-2-3-6(9(8)11(15)16)10(14)7(13)5-12/h2-4,7,10,12-14H,5H2,1H3,(H,15,16). The van der Waals surface area contributed by atoms with Gasteiger partial charge < -0.3 is 25.2 Å². The summed E-state index contributed by atoms with van der Waals surface area (Å²) in [7, 11) is 1.31. The van der Waals surface area contributed by atoms with Crippen molar-refractivity contribution in [2.45, 2.75) is 12.2 Å². The second-order valence-electron chi connectivity index (χ2n) is 3.42. The Bertz CT molecular complexity index is 403. The van der Waals surface area contributed by atoms with E-state index in [1.54, 1.807) is 0 Å². The summed E-state index contributed by atoms with van der Waals surface area (Å²) in [6.07, 6.45) is -2.93. The largest absolute Gasteiger partial charge is 0.496 e. The zero-order valence-electron chi connectivity index (χ0n) is 9.20. The molecule has 6 heteroatoms. The number of aromatic carboxylic acids is 1. The van der Waals surface area contributed by atoms with Crippen LogP contribution in [0.3, 0.4) is 0 Å². The zero-order valence-corrected chi connectivity index (χ0v) is 9.20. The highest BCUT2D eigenvalue weighted by atomic mass is 16.5. The van der Waals surface area contributed by atoms with E-state index in [9.17, 15) is 15.0 Å². The average Bonchev–Trinajstić information content (AvgIpc) is 2.35. The number of benzene rings is 1. The molecule has 0 saturated heterocycles. The lowest BCUT2D eigenvalue weighted by atomic mass is 9.98. The molecule has 0 spiro atoms. The smallest absolute Gasteiger partial charge is 0.339 e. The predicted octanol–water partition coefficient (Wildman–Crippen LogP) is -0.220. The number of hydrogen-bond donors (Lipinski definition) is 4. The van der Waals surface area contributed by atoms with Crippen LogP contribution in [0.1, 0.15) is 22.0 Å². The van der Waals surface area contributed by atoms with Crippen molar-refractivity contribution >= 4 is 5.97 Å². The number of methoxy groups -OCH3 is 1. The van der Waals surface area contributed by atoms with E-state index in [4.69, 9.17) is 14.9 Å². The quantitative estimate of drug-likeness (QED) is 0.568. The number of carbonyl (C=O) groups is 1. The number of rotatable bonds is 5. The van der Waals surface area contributed by atoms with E-state index >= 15 is 0 Å². The van der Waals surface area contributed by atoms with Gasteiger partial charge in [0.25, 0.3) is 0 Å². The van der Waals surface area contributed by atoms with E-state index in [2.05, 4.69) is 0 Å². The Hall–Kier alpha value is -1.63. The van der Waals surface area contributed by atoms with Gasteiger partial charge in [0.2, 0.25) is 0 Å².